The van der Waals surface area contributed by atoms with Gasteiger partial charge >= 0.3 is 0 Å². The fourth-order valence-corrected chi connectivity index (χ4v) is 3.38. The van der Waals surface area contributed by atoms with Crippen LogP contribution in [0.5, 0.6) is 5.88 Å². The largest absolute Gasteiger partial charge is 0.474 e. The molecule has 4 heteroatoms. The molecule has 3 nitrogen and oxygen atoms in total. The van der Waals surface area contributed by atoms with Gasteiger partial charge < -0.3 is 10.5 Å². The second kappa shape index (κ2) is 5.68. The Morgan fingerprint density at radius 1 is 1.47 bits per heavy atom. The molecule has 106 valence electrons. The topological polar surface area (TPSA) is 48.1 Å². The number of aromatic nitrogens is 1. The molecule has 0 aliphatic heterocycles. The zero-order chi connectivity index (χ0) is 14.0. The number of pyridine rings is 1. The molecular weight excluding hydrogens is 260 g/mol. The van der Waals surface area contributed by atoms with Crippen molar-refractivity contribution in [3.63, 3.8) is 0 Å². The summed E-state index contributed by atoms with van der Waals surface area (Å²) in [6.45, 7) is 7.31. The second-order valence-corrected chi connectivity index (χ2v) is 6.88. The van der Waals surface area contributed by atoms with Gasteiger partial charge in [0.1, 0.15) is 6.10 Å². The minimum absolute atomic E-state index is 0.234. The lowest BCUT2D eigenvalue weighted by atomic mass is 9.71. The van der Waals surface area contributed by atoms with E-state index in [1.165, 1.54) is 6.42 Å². The van der Waals surface area contributed by atoms with Crippen molar-refractivity contribution in [3.8, 4) is 5.88 Å². The molecule has 1 aromatic heterocycles. The lowest BCUT2D eigenvalue weighted by Crippen LogP contribution is -2.34. The van der Waals surface area contributed by atoms with Gasteiger partial charge in [-0.2, -0.15) is 0 Å². The first-order chi connectivity index (χ1) is 8.89. The van der Waals surface area contributed by atoms with Gasteiger partial charge in [0.25, 0.3) is 0 Å². The number of nitrogens with two attached hydrogens (primary N) is 1. The van der Waals surface area contributed by atoms with Gasteiger partial charge in [-0.25, -0.2) is 4.98 Å². The predicted octanol–water partition coefficient (Wildman–Crippen LogP) is 3.79. The van der Waals surface area contributed by atoms with Crippen molar-refractivity contribution in [1.29, 1.82) is 0 Å². The first-order valence-corrected chi connectivity index (χ1v) is 7.28. The molecule has 1 heterocycles. The third-order valence-electron chi connectivity index (χ3n) is 3.76. The molecule has 2 atom stereocenters. The number of hydrogen-bond donors (Lipinski definition) is 1. The highest BCUT2D eigenvalue weighted by Gasteiger charge is 2.33. The van der Waals surface area contributed by atoms with Crippen LogP contribution in [0.1, 0.15) is 45.6 Å². The summed E-state index contributed by atoms with van der Waals surface area (Å²) in [6, 6.07) is 1.86. The lowest BCUT2D eigenvalue weighted by Gasteiger charge is -2.38. The van der Waals surface area contributed by atoms with Crippen molar-refractivity contribution < 1.29 is 4.74 Å². The Morgan fingerprint density at radius 3 is 2.84 bits per heavy atom. The molecule has 0 saturated heterocycles. The van der Waals surface area contributed by atoms with Gasteiger partial charge in [0.2, 0.25) is 5.88 Å². The molecule has 0 bridgehead atoms. The van der Waals surface area contributed by atoms with E-state index in [4.69, 9.17) is 22.1 Å². The number of ether oxygens (including phenoxy) is 1. The molecule has 1 aromatic rings. The standard InChI is InChI=1S/C15H23ClN2O/c1-10-4-12(7-15(2,3)6-10)19-14-5-11(8-17)13(16)9-18-14/h5,9-10,12H,4,6-8,17H2,1-3H3. The molecule has 19 heavy (non-hydrogen) atoms. The number of hydrogen-bond acceptors (Lipinski definition) is 3. The Morgan fingerprint density at radius 2 is 2.21 bits per heavy atom. The van der Waals surface area contributed by atoms with E-state index in [9.17, 15) is 0 Å². The quantitative estimate of drug-likeness (QED) is 0.918. The SMILES string of the molecule is CC1CC(Oc2cc(CN)c(Cl)cn2)CC(C)(C)C1. The maximum absolute atomic E-state index is 6.03. The highest BCUT2D eigenvalue weighted by Crippen LogP contribution is 2.39. The molecule has 1 saturated carbocycles. The van der Waals surface area contributed by atoms with Crippen LogP contribution in [0.4, 0.5) is 0 Å². The number of rotatable bonds is 3. The smallest absolute Gasteiger partial charge is 0.213 e. The van der Waals surface area contributed by atoms with Crippen molar-refractivity contribution in [3.05, 3.63) is 22.8 Å². The Bertz CT molecular complexity index is 448. The molecule has 1 fully saturated rings. The second-order valence-electron chi connectivity index (χ2n) is 6.47. The molecule has 0 amide bonds. The van der Waals surface area contributed by atoms with Gasteiger partial charge in [-0.15, -0.1) is 0 Å². The van der Waals surface area contributed by atoms with E-state index in [1.807, 2.05) is 6.07 Å². The van der Waals surface area contributed by atoms with Crippen LogP contribution in [0, 0.1) is 11.3 Å². The molecular formula is C15H23ClN2O. The molecule has 0 aromatic carbocycles. The van der Waals surface area contributed by atoms with E-state index in [0.29, 0.717) is 28.8 Å². The Kier molecular flexibility index (Phi) is 4.36. The van der Waals surface area contributed by atoms with Gasteiger partial charge in [0.05, 0.1) is 5.02 Å². The van der Waals surface area contributed by atoms with E-state index in [-0.39, 0.29) is 6.10 Å². The van der Waals surface area contributed by atoms with E-state index in [1.54, 1.807) is 6.20 Å². The summed E-state index contributed by atoms with van der Waals surface area (Å²) >= 11 is 6.01. The zero-order valence-corrected chi connectivity index (χ0v) is 12.7. The van der Waals surface area contributed by atoms with Gasteiger partial charge in [-0.1, -0.05) is 32.4 Å². The molecule has 1 aliphatic carbocycles. The minimum Gasteiger partial charge on any atom is -0.474 e. The van der Waals surface area contributed by atoms with E-state index >= 15 is 0 Å². The van der Waals surface area contributed by atoms with Crippen LogP contribution in [0.15, 0.2) is 12.3 Å². The van der Waals surface area contributed by atoms with Crippen molar-refractivity contribution in [2.75, 3.05) is 0 Å². The molecule has 0 radical (unpaired) electrons. The van der Waals surface area contributed by atoms with Crippen LogP contribution in [-0.4, -0.2) is 11.1 Å². The van der Waals surface area contributed by atoms with E-state index in [2.05, 4.69) is 25.8 Å². The van der Waals surface area contributed by atoms with Gasteiger partial charge in [0.15, 0.2) is 0 Å². The fraction of sp³-hybridized carbons (Fsp3) is 0.667. The molecule has 1 aliphatic rings. The summed E-state index contributed by atoms with van der Waals surface area (Å²) in [5.74, 6) is 1.33. The lowest BCUT2D eigenvalue weighted by molar-refractivity contribution is 0.0532. The highest BCUT2D eigenvalue weighted by molar-refractivity contribution is 6.31. The van der Waals surface area contributed by atoms with Crippen LogP contribution in [0.3, 0.4) is 0 Å². The van der Waals surface area contributed by atoms with E-state index in [0.717, 1.165) is 18.4 Å². The summed E-state index contributed by atoms with van der Waals surface area (Å²) in [5.41, 5.74) is 6.87. The predicted molar refractivity (Wildman–Crippen MR) is 78.4 cm³/mol. The summed E-state index contributed by atoms with van der Waals surface area (Å²) < 4.78 is 6.03. The third kappa shape index (κ3) is 3.83. The Balaban J connectivity index is 2.08. The van der Waals surface area contributed by atoms with Crippen LogP contribution < -0.4 is 10.5 Å². The number of halogens is 1. The first kappa shape index (κ1) is 14.6. The zero-order valence-electron chi connectivity index (χ0n) is 11.9. The summed E-state index contributed by atoms with van der Waals surface area (Å²) in [4.78, 5) is 4.24. The number of nitrogens with zero attached hydrogens (tertiary/aromatic N) is 1. The first-order valence-electron chi connectivity index (χ1n) is 6.91. The molecule has 2 N–H and O–H groups in total. The summed E-state index contributed by atoms with van der Waals surface area (Å²) in [7, 11) is 0. The average molecular weight is 283 g/mol. The summed E-state index contributed by atoms with van der Waals surface area (Å²) in [5, 5.41) is 0.604. The maximum Gasteiger partial charge on any atom is 0.213 e. The molecule has 2 rings (SSSR count). The van der Waals surface area contributed by atoms with Gasteiger partial charge in [0, 0.05) is 18.8 Å². The Hall–Kier alpha value is -0.800. The van der Waals surface area contributed by atoms with Crippen LogP contribution in [0.25, 0.3) is 0 Å². The van der Waals surface area contributed by atoms with Crippen LogP contribution in [-0.2, 0) is 6.54 Å². The maximum atomic E-state index is 6.03. The van der Waals surface area contributed by atoms with Crippen molar-refractivity contribution in [2.45, 2.75) is 52.7 Å². The Labute approximate surface area is 120 Å². The van der Waals surface area contributed by atoms with Gasteiger partial charge in [-0.3, -0.25) is 0 Å². The average Bonchev–Trinajstić information content (AvgIpc) is 2.29. The van der Waals surface area contributed by atoms with Crippen LogP contribution >= 0.6 is 11.6 Å². The minimum atomic E-state index is 0.234. The fourth-order valence-electron chi connectivity index (χ4n) is 3.20. The third-order valence-corrected chi connectivity index (χ3v) is 4.10. The van der Waals surface area contributed by atoms with E-state index < -0.39 is 0 Å². The van der Waals surface area contributed by atoms with Gasteiger partial charge in [-0.05, 0) is 36.2 Å². The highest BCUT2D eigenvalue weighted by atomic mass is 35.5. The monoisotopic (exact) mass is 282 g/mol. The normalized spacial score (nSPS) is 26.2. The molecule has 0 spiro atoms. The van der Waals surface area contributed by atoms with Crippen molar-refractivity contribution in [1.82, 2.24) is 4.98 Å². The summed E-state index contributed by atoms with van der Waals surface area (Å²) in [6.07, 6.45) is 5.27. The van der Waals surface area contributed by atoms with Crippen molar-refractivity contribution >= 4 is 11.6 Å². The van der Waals surface area contributed by atoms with Crippen molar-refractivity contribution in [2.24, 2.45) is 17.1 Å². The molecule has 2 unspecified atom stereocenters. The van der Waals surface area contributed by atoms with Crippen LogP contribution in [0.2, 0.25) is 5.02 Å².